The van der Waals surface area contributed by atoms with Crippen LogP contribution in [0.1, 0.15) is 58.9 Å². The number of imide groups is 1. The van der Waals surface area contributed by atoms with E-state index in [-0.39, 0.29) is 17.6 Å². The van der Waals surface area contributed by atoms with Crippen molar-refractivity contribution in [2.75, 3.05) is 5.75 Å². The Hall–Kier alpha value is -2.42. The SMILES string of the molecule is CC(C)(C)NC(=O)NC(=O)CSc1nnc(-c2ccccc2F)n1C1CCCCC1. The van der Waals surface area contributed by atoms with Gasteiger partial charge >= 0.3 is 6.03 Å². The molecule has 0 unspecified atom stereocenters. The molecule has 1 aromatic carbocycles. The molecule has 0 radical (unpaired) electrons. The highest BCUT2D eigenvalue weighted by Crippen LogP contribution is 2.36. The number of nitrogens with zero attached hydrogens (tertiary/aromatic N) is 3. The van der Waals surface area contributed by atoms with Gasteiger partial charge in [-0.3, -0.25) is 14.7 Å². The van der Waals surface area contributed by atoms with Gasteiger partial charge in [0.2, 0.25) is 5.91 Å². The highest BCUT2D eigenvalue weighted by Gasteiger charge is 2.25. The molecule has 30 heavy (non-hydrogen) atoms. The van der Waals surface area contributed by atoms with Gasteiger partial charge in [-0.15, -0.1) is 10.2 Å². The minimum absolute atomic E-state index is 0.0136. The van der Waals surface area contributed by atoms with Crippen LogP contribution in [0, 0.1) is 5.82 Å². The number of hydrogen-bond acceptors (Lipinski definition) is 5. The van der Waals surface area contributed by atoms with Crippen molar-refractivity contribution >= 4 is 23.7 Å². The summed E-state index contributed by atoms with van der Waals surface area (Å²) in [5, 5.41) is 14.1. The minimum Gasteiger partial charge on any atom is -0.333 e. The normalized spacial score (nSPS) is 15.1. The van der Waals surface area contributed by atoms with E-state index in [9.17, 15) is 14.0 Å². The van der Waals surface area contributed by atoms with Crippen LogP contribution < -0.4 is 10.6 Å². The molecule has 0 spiro atoms. The third kappa shape index (κ3) is 5.81. The first-order valence-corrected chi connectivity index (χ1v) is 11.2. The van der Waals surface area contributed by atoms with E-state index in [1.54, 1.807) is 18.2 Å². The van der Waals surface area contributed by atoms with E-state index in [1.807, 2.05) is 25.3 Å². The average Bonchev–Trinajstić information content (AvgIpc) is 3.09. The second-order valence-electron chi connectivity index (χ2n) is 8.49. The van der Waals surface area contributed by atoms with Crippen molar-refractivity contribution < 1.29 is 14.0 Å². The van der Waals surface area contributed by atoms with Crippen molar-refractivity contribution in [3.8, 4) is 11.4 Å². The number of rotatable bonds is 5. The van der Waals surface area contributed by atoms with Crippen LogP contribution in [0.15, 0.2) is 29.4 Å². The molecule has 0 bridgehead atoms. The van der Waals surface area contributed by atoms with E-state index < -0.39 is 17.5 Å². The fraction of sp³-hybridized carbons (Fsp3) is 0.524. The van der Waals surface area contributed by atoms with Gasteiger partial charge < -0.3 is 5.32 Å². The molecule has 0 atom stereocenters. The van der Waals surface area contributed by atoms with Gasteiger partial charge in [0.1, 0.15) is 5.82 Å². The van der Waals surface area contributed by atoms with E-state index in [4.69, 9.17) is 0 Å². The first kappa shape index (κ1) is 22.3. The molecule has 1 saturated carbocycles. The Morgan fingerprint density at radius 2 is 1.87 bits per heavy atom. The number of thioether (sulfide) groups is 1. The van der Waals surface area contributed by atoms with E-state index in [1.165, 1.54) is 24.2 Å². The van der Waals surface area contributed by atoms with Crippen molar-refractivity contribution in [3.05, 3.63) is 30.1 Å². The molecule has 1 heterocycles. The maximum atomic E-state index is 14.4. The molecule has 3 amide bonds. The van der Waals surface area contributed by atoms with Crippen LogP contribution in [0.4, 0.5) is 9.18 Å². The largest absolute Gasteiger partial charge is 0.333 e. The quantitative estimate of drug-likeness (QED) is 0.686. The number of urea groups is 1. The maximum Gasteiger partial charge on any atom is 0.321 e. The molecule has 3 rings (SSSR count). The van der Waals surface area contributed by atoms with Gasteiger partial charge in [0.25, 0.3) is 0 Å². The number of benzene rings is 1. The second kappa shape index (κ2) is 9.59. The second-order valence-corrected chi connectivity index (χ2v) is 9.43. The molecule has 162 valence electrons. The lowest BCUT2D eigenvalue weighted by atomic mass is 9.95. The van der Waals surface area contributed by atoms with Crippen molar-refractivity contribution in [3.63, 3.8) is 0 Å². The fourth-order valence-corrected chi connectivity index (χ4v) is 4.34. The van der Waals surface area contributed by atoms with Crippen LogP contribution in [-0.2, 0) is 4.79 Å². The number of nitrogens with one attached hydrogen (secondary N) is 2. The lowest BCUT2D eigenvalue weighted by molar-refractivity contribution is -0.117. The van der Waals surface area contributed by atoms with E-state index in [0.717, 1.165) is 25.7 Å². The van der Waals surface area contributed by atoms with Crippen molar-refractivity contribution in [1.82, 2.24) is 25.4 Å². The zero-order valence-corrected chi connectivity index (χ0v) is 18.4. The third-order valence-corrected chi connectivity index (χ3v) is 5.74. The van der Waals surface area contributed by atoms with Gasteiger partial charge in [0.15, 0.2) is 11.0 Å². The Balaban J connectivity index is 1.77. The standard InChI is InChI=1S/C21H28FN5O2S/c1-21(2,3)24-19(29)23-17(28)13-30-20-26-25-18(15-11-7-8-12-16(15)22)27(20)14-9-5-4-6-10-14/h7-8,11-12,14H,4-6,9-10,13H2,1-3H3,(H2,23,24,28,29). The van der Waals surface area contributed by atoms with E-state index in [2.05, 4.69) is 20.8 Å². The predicted molar refractivity (Wildman–Crippen MR) is 115 cm³/mol. The summed E-state index contributed by atoms with van der Waals surface area (Å²) in [6.07, 6.45) is 5.30. The lowest BCUT2D eigenvalue weighted by Crippen LogP contribution is -2.48. The molecular weight excluding hydrogens is 405 g/mol. The summed E-state index contributed by atoms with van der Waals surface area (Å²) in [4.78, 5) is 24.1. The van der Waals surface area contributed by atoms with Crippen molar-refractivity contribution in [1.29, 1.82) is 0 Å². The molecule has 2 aromatic rings. The Bertz CT molecular complexity index is 903. The zero-order chi connectivity index (χ0) is 21.7. The Kier molecular flexibility index (Phi) is 7.12. The van der Waals surface area contributed by atoms with Gasteiger partial charge in [-0.25, -0.2) is 9.18 Å². The minimum atomic E-state index is -0.533. The van der Waals surface area contributed by atoms with Gasteiger partial charge in [0, 0.05) is 11.6 Å². The monoisotopic (exact) mass is 433 g/mol. The predicted octanol–water partition coefficient (Wildman–Crippen LogP) is 4.31. The maximum absolute atomic E-state index is 14.4. The topological polar surface area (TPSA) is 88.9 Å². The first-order valence-electron chi connectivity index (χ1n) is 10.2. The van der Waals surface area contributed by atoms with Gasteiger partial charge in [-0.1, -0.05) is 43.2 Å². The molecular formula is C21H28FN5O2S. The molecule has 9 heteroatoms. The summed E-state index contributed by atoms with van der Waals surface area (Å²) in [5.41, 5.74) is -0.0377. The molecule has 7 nitrogen and oxygen atoms in total. The Labute approximate surface area is 180 Å². The molecule has 1 fully saturated rings. The number of carbonyl (C=O) groups excluding carboxylic acids is 2. The zero-order valence-electron chi connectivity index (χ0n) is 17.6. The highest BCUT2D eigenvalue weighted by atomic mass is 32.2. The van der Waals surface area contributed by atoms with Crippen molar-refractivity contribution in [2.24, 2.45) is 0 Å². The summed E-state index contributed by atoms with van der Waals surface area (Å²) < 4.78 is 16.4. The number of hydrogen-bond donors (Lipinski definition) is 2. The van der Waals surface area contributed by atoms with Crippen LogP contribution in [0.25, 0.3) is 11.4 Å². The third-order valence-electron chi connectivity index (χ3n) is 4.79. The Morgan fingerprint density at radius 3 is 2.53 bits per heavy atom. The van der Waals surface area contributed by atoms with E-state index >= 15 is 0 Å². The smallest absolute Gasteiger partial charge is 0.321 e. The van der Waals surface area contributed by atoms with Gasteiger partial charge in [-0.2, -0.15) is 0 Å². The summed E-state index contributed by atoms with van der Waals surface area (Å²) in [6.45, 7) is 5.51. The summed E-state index contributed by atoms with van der Waals surface area (Å²) >= 11 is 1.20. The van der Waals surface area contributed by atoms with Crippen molar-refractivity contribution in [2.45, 2.75) is 69.6 Å². The molecule has 1 aliphatic carbocycles. The highest BCUT2D eigenvalue weighted by molar-refractivity contribution is 7.99. The van der Waals surface area contributed by atoms with Gasteiger partial charge in [0.05, 0.1) is 11.3 Å². The van der Waals surface area contributed by atoms with Crippen LogP contribution in [-0.4, -0.2) is 38.0 Å². The lowest BCUT2D eigenvalue weighted by Gasteiger charge is -2.25. The first-order chi connectivity index (χ1) is 14.2. The van der Waals surface area contributed by atoms with E-state index in [0.29, 0.717) is 16.5 Å². The van der Waals surface area contributed by atoms with Gasteiger partial charge in [-0.05, 0) is 45.7 Å². The van der Waals surface area contributed by atoms with Crippen LogP contribution >= 0.6 is 11.8 Å². The molecule has 0 aliphatic heterocycles. The molecule has 2 N–H and O–H groups in total. The van der Waals surface area contributed by atoms with Crippen LogP contribution in [0.3, 0.4) is 0 Å². The number of aromatic nitrogens is 3. The van der Waals surface area contributed by atoms with Crippen LogP contribution in [0.5, 0.6) is 0 Å². The molecule has 0 saturated heterocycles. The number of carbonyl (C=O) groups is 2. The summed E-state index contributed by atoms with van der Waals surface area (Å²) in [5.74, 6) is -0.282. The summed E-state index contributed by atoms with van der Waals surface area (Å²) in [7, 11) is 0. The van der Waals surface area contributed by atoms with Crippen LogP contribution in [0.2, 0.25) is 0 Å². The number of amides is 3. The summed E-state index contributed by atoms with van der Waals surface area (Å²) in [6, 6.07) is 6.14. The Morgan fingerprint density at radius 1 is 1.17 bits per heavy atom. The fourth-order valence-electron chi connectivity index (χ4n) is 3.53. The average molecular weight is 434 g/mol. The molecule has 1 aliphatic rings. The number of halogens is 1. The molecule has 1 aromatic heterocycles.